The van der Waals surface area contributed by atoms with Crippen molar-refractivity contribution in [2.24, 2.45) is 5.41 Å². The minimum atomic E-state index is 0.217. The van der Waals surface area contributed by atoms with Crippen LogP contribution >= 0.6 is 11.6 Å². The Hall–Kier alpha value is -1.03. The normalized spacial score (nSPS) is 18.8. The Morgan fingerprint density at radius 1 is 1.40 bits per heavy atom. The number of nitrogens with zero attached hydrogens (tertiary/aromatic N) is 2. The summed E-state index contributed by atoms with van der Waals surface area (Å²) < 4.78 is 5.98. The van der Waals surface area contributed by atoms with Gasteiger partial charge in [-0.25, -0.2) is 4.98 Å². The molecule has 0 spiro atoms. The first-order valence-corrected chi connectivity index (χ1v) is 7.81. The predicted octanol–water partition coefficient (Wildman–Crippen LogP) is 4.30. The smallest absolute Gasteiger partial charge is 0.237 e. The van der Waals surface area contributed by atoms with Crippen LogP contribution in [0.4, 0.5) is 5.95 Å². The molecule has 0 unspecified atom stereocenters. The maximum absolute atomic E-state index is 6.13. The van der Waals surface area contributed by atoms with E-state index in [1.54, 1.807) is 6.20 Å². The van der Waals surface area contributed by atoms with E-state index in [1.807, 2.05) is 0 Å². The molecule has 1 aliphatic rings. The van der Waals surface area contributed by atoms with E-state index in [0.29, 0.717) is 22.3 Å². The number of halogens is 1. The molecular formula is C15H24ClN3O. The van der Waals surface area contributed by atoms with Crippen molar-refractivity contribution < 1.29 is 4.74 Å². The molecule has 1 aromatic heterocycles. The van der Waals surface area contributed by atoms with Crippen molar-refractivity contribution in [3.63, 3.8) is 0 Å². The number of aromatic nitrogens is 2. The van der Waals surface area contributed by atoms with Gasteiger partial charge in [-0.1, -0.05) is 32.4 Å². The molecule has 4 nitrogen and oxygen atoms in total. The fourth-order valence-electron chi connectivity index (χ4n) is 2.40. The van der Waals surface area contributed by atoms with Gasteiger partial charge in [-0.15, -0.1) is 0 Å². The van der Waals surface area contributed by atoms with Crippen LogP contribution in [0.5, 0.6) is 5.88 Å². The summed E-state index contributed by atoms with van der Waals surface area (Å²) in [5, 5.41) is 3.63. The summed E-state index contributed by atoms with van der Waals surface area (Å²) in [6.07, 6.45) is 7.34. The SMILES string of the molecule is CCCNc1ncc(Cl)c(OC2CCC(C)(C)CC2)n1. The van der Waals surface area contributed by atoms with Gasteiger partial charge in [0.15, 0.2) is 0 Å². The molecule has 1 heterocycles. The summed E-state index contributed by atoms with van der Waals surface area (Å²) in [5.41, 5.74) is 0.434. The quantitative estimate of drug-likeness (QED) is 0.880. The van der Waals surface area contributed by atoms with Crippen LogP contribution in [0.25, 0.3) is 0 Å². The van der Waals surface area contributed by atoms with Gasteiger partial charge in [-0.2, -0.15) is 4.98 Å². The van der Waals surface area contributed by atoms with Crippen molar-refractivity contribution in [3.05, 3.63) is 11.2 Å². The summed E-state index contributed by atoms with van der Waals surface area (Å²) in [4.78, 5) is 8.52. The van der Waals surface area contributed by atoms with Crippen LogP contribution in [0.1, 0.15) is 52.9 Å². The van der Waals surface area contributed by atoms with E-state index in [1.165, 1.54) is 12.8 Å². The number of rotatable bonds is 5. The van der Waals surface area contributed by atoms with E-state index in [4.69, 9.17) is 16.3 Å². The van der Waals surface area contributed by atoms with Gasteiger partial charge in [0.1, 0.15) is 11.1 Å². The molecule has 1 fully saturated rings. The average Bonchev–Trinajstić information content (AvgIpc) is 2.42. The Bertz CT molecular complexity index is 441. The van der Waals surface area contributed by atoms with Gasteiger partial charge in [0.25, 0.3) is 0 Å². The molecule has 0 aliphatic heterocycles. The molecular weight excluding hydrogens is 274 g/mol. The molecule has 1 N–H and O–H groups in total. The van der Waals surface area contributed by atoms with Crippen LogP contribution in [0, 0.1) is 5.41 Å². The maximum atomic E-state index is 6.13. The second-order valence-corrected chi connectivity index (χ2v) is 6.66. The number of nitrogens with one attached hydrogen (secondary N) is 1. The number of hydrogen-bond acceptors (Lipinski definition) is 4. The molecule has 1 aromatic rings. The van der Waals surface area contributed by atoms with Crippen molar-refractivity contribution in [1.29, 1.82) is 0 Å². The molecule has 0 aromatic carbocycles. The third-order valence-corrected chi connectivity index (χ3v) is 4.07. The second-order valence-electron chi connectivity index (χ2n) is 6.25. The van der Waals surface area contributed by atoms with Gasteiger partial charge >= 0.3 is 0 Å². The average molecular weight is 298 g/mol. The molecule has 1 aliphatic carbocycles. The number of hydrogen-bond donors (Lipinski definition) is 1. The van der Waals surface area contributed by atoms with Gasteiger partial charge in [0.05, 0.1) is 6.20 Å². The number of anilines is 1. The molecule has 0 amide bonds. The largest absolute Gasteiger partial charge is 0.473 e. The Morgan fingerprint density at radius 3 is 2.75 bits per heavy atom. The molecule has 5 heteroatoms. The van der Waals surface area contributed by atoms with E-state index < -0.39 is 0 Å². The summed E-state index contributed by atoms with van der Waals surface area (Å²) in [7, 11) is 0. The Labute approximate surface area is 126 Å². The fraction of sp³-hybridized carbons (Fsp3) is 0.733. The van der Waals surface area contributed by atoms with Crippen molar-refractivity contribution in [1.82, 2.24) is 9.97 Å². The second kappa shape index (κ2) is 6.61. The first kappa shape index (κ1) is 15.4. The van der Waals surface area contributed by atoms with Crippen molar-refractivity contribution >= 4 is 17.5 Å². The minimum absolute atomic E-state index is 0.217. The zero-order valence-corrected chi connectivity index (χ0v) is 13.3. The Balaban J connectivity index is 1.98. The lowest BCUT2D eigenvalue weighted by Gasteiger charge is -2.34. The van der Waals surface area contributed by atoms with Crippen molar-refractivity contribution in [3.8, 4) is 5.88 Å². The van der Waals surface area contributed by atoms with Gasteiger partial charge < -0.3 is 10.1 Å². The van der Waals surface area contributed by atoms with Gasteiger partial charge in [0, 0.05) is 6.54 Å². The van der Waals surface area contributed by atoms with E-state index in [9.17, 15) is 0 Å². The summed E-state index contributed by atoms with van der Waals surface area (Å²) >= 11 is 6.13. The Kier molecular flexibility index (Phi) is 5.08. The maximum Gasteiger partial charge on any atom is 0.237 e. The Morgan fingerprint density at radius 2 is 2.10 bits per heavy atom. The highest BCUT2D eigenvalue weighted by Crippen LogP contribution is 2.37. The van der Waals surface area contributed by atoms with E-state index in [0.717, 1.165) is 25.8 Å². The van der Waals surface area contributed by atoms with Crippen molar-refractivity contribution in [2.75, 3.05) is 11.9 Å². The summed E-state index contributed by atoms with van der Waals surface area (Å²) in [6.45, 7) is 7.57. The van der Waals surface area contributed by atoms with Crippen LogP contribution in [-0.4, -0.2) is 22.6 Å². The molecule has 112 valence electrons. The van der Waals surface area contributed by atoms with E-state index in [2.05, 4.69) is 36.1 Å². The fourth-order valence-corrected chi connectivity index (χ4v) is 2.54. The highest BCUT2D eigenvalue weighted by molar-refractivity contribution is 6.31. The molecule has 0 saturated heterocycles. The summed E-state index contributed by atoms with van der Waals surface area (Å²) in [6, 6.07) is 0. The topological polar surface area (TPSA) is 47.0 Å². The lowest BCUT2D eigenvalue weighted by molar-refractivity contribution is 0.0950. The third-order valence-electron chi connectivity index (χ3n) is 3.81. The third kappa shape index (κ3) is 4.23. The van der Waals surface area contributed by atoms with Gasteiger partial charge in [0.2, 0.25) is 11.8 Å². The van der Waals surface area contributed by atoms with Crippen LogP contribution in [-0.2, 0) is 0 Å². The minimum Gasteiger partial charge on any atom is -0.473 e. The predicted molar refractivity (Wildman–Crippen MR) is 82.5 cm³/mol. The van der Waals surface area contributed by atoms with Crippen LogP contribution in [0.15, 0.2) is 6.20 Å². The molecule has 2 rings (SSSR count). The van der Waals surface area contributed by atoms with Crippen LogP contribution < -0.4 is 10.1 Å². The summed E-state index contributed by atoms with van der Waals surface area (Å²) in [5.74, 6) is 1.09. The highest BCUT2D eigenvalue weighted by atomic mass is 35.5. The number of ether oxygens (including phenoxy) is 1. The zero-order valence-electron chi connectivity index (χ0n) is 12.6. The molecule has 0 radical (unpaired) electrons. The van der Waals surface area contributed by atoms with E-state index in [-0.39, 0.29) is 6.10 Å². The first-order valence-electron chi connectivity index (χ1n) is 7.43. The molecule has 0 atom stereocenters. The highest BCUT2D eigenvalue weighted by Gasteiger charge is 2.28. The lowest BCUT2D eigenvalue weighted by atomic mass is 9.76. The molecule has 20 heavy (non-hydrogen) atoms. The first-order chi connectivity index (χ1) is 9.50. The lowest BCUT2D eigenvalue weighted by Crippen LogP contribution is -2.28. The molecule has 0 bridgehead atoms. The molecule has 1 saturated carbocycles. The standard InChI is InChI=1S/C15H24ClN3O/c1-4-9-17-14-18-10-12(16)13(19-14)20-11-5-7-15(2,3)8-6-11/h10-11H,4-9H2,1-3H3,(H,17,18,19). The van der Waals surface area contributed by atoms with Crippen LogP contribution in [0.3, 0.4) is 0 Å². The van der Waals surface area contributed by atoms with Gasteiger partial charge in [-0.3, -0.25) is 0 Å². The van der Waals surface area contributed by atoms with Crippen molar-refractivity contribution in [2.45, 2.75) is 59.0 Å². The van der Waals surface area contributed by atoms with Crippen LogP contribution in [0.2, 0.25) is 5.02 Å². The zero-order chi connectivity index (χ0) is 14.6. The van der Waals surface area contributed by atoms with E-state index >= 15 is 0 Å². The monoisotopic (exact) mass is 297 g/mol. The van der Waals surface area contributed by atoms with Gasteiger partial charge in [-0.05, 0) is 37.5 Å².